The quantitative estimate of drug-likeness (QED) is 0.850. The van der Waals surface area contributed by atoms with Gasteiger partial charge < -0.3 is 5.11 Å². The Bertz CT molecular complexity index is 601. The Morgan fingerprint density at radius 2 is 2.10 bits per heavy atom. The third-order valence-electron chi connectivity index (χ3n) is 4.10. The number of carboxylic acids is 1. The van der Waals surface area contributed by atoms with Crippen LogP contribution in [0.3, 0.4) is 0 Å². The highest BCUT2D eigenvalue weighted by molar-refractivity contribution is 5.72. The van der Waals surface area contributed by atoms with Crippen LogP contribution in [-0.2, 0) is 4.79 Å². The molecular formula is C16H19FN2O2. The van der Waals surface area contributed by atoms with Gasteiger partial charge in [0.15, 0.2) is 5.69 Å². The molecule has 2 rings (SSSR count). The van der Waals surface area contributed by atoms with Crippen LogP contribution in [0, 0.1) is 18.3 Å². The first-order valence-corrected chi connectivity index (χ1v) is 6.89. The van der Waals surface area contributed by atoms with Crippen molar-refractivity contribution in [3.8, 4) is 0 Å². The summed E-state index contributed by atoms with van der Waals surface area (Å²) in [6.07, 6.45) is 0. The van der Waals surface area contributed by atoms with E-state index in [4.69, 9.17) is 6.57 Å². The fourth-order valence-corrected chi connectivity index (χ4v) is 2.80. The molecule has 0 bridgehead atoms. The summed E-state index contributed by atoms with van der Waals surface area (Å²) in [7, 11) is 0. The Labute approximate surface area is 124 Å². The molecule has 0 saturated carbocycles. The molecule has 1 aliphatic heterocycles. The minimum Gasteiger partial charge on any atom is -0.481 e. The molecule has 21 heavy (non-hydrogen) atoms. The number of likely N-dealkylation sites (tertiary alicyclic amines) is 1. The molecule has 0 amide bonds. The molecule has 0 aromatic heterocycles. The van der Waals surface area contributed by atoms with E-state index in [1.54, 1.807) is 12.1 Å². The number of nitrogens with zero attached hydrogens (tertiary/aromatic N) is 2. The molecule has 1 aliphatic rings. The minimum absolute atomic E-state index is 0.157. The smallest absolute Gasteiger partial charge is 0.308 e. The third-order valence-corrected chi connectivity index (χ3v) is 4.10. The van der Waals surface area contributed by atoms with E-state index in [2.05, 4.69) is 9.74 Å². The summed E-state index contributed by atoms with van der Waals surface area (Å²) >= 11 is 0. The van der Waals surface area contributed by atoms with E-state index in [0.29, 0.717) is 18.7 Å². The Balaban J connectivity index is 2.37. The molecule has 1 N–H and O–H groups in total. The van der Waals surface area contributed by atoms with Gasteiger partial charge >= 0.3 is 5.97 Å². The van der Waals surface area contributed by atoms with Crippen LogP contribution < -0.4 is 0 Å². The fourth-order valence-electron chi connectivity index (χ4n) is 2.80. The number of benzene rings is 1. The molecule has 5 heteroatoms. The number of rotatable bonds is 2. The van der Waals surface area contributed by atoms with Crippen LogP contribution in [0.5, 0.6) is 0 Å². The standard InChI is InChI=1S/C16H19FN2O2/c1-16(2,3)19-8-12(13(9-19)15(20)21)11-6-5-10(18-4)7-14(11)17/h5-7,12-13H,8-9H2,1-3H3,(H,20,21). The largest absolute Gasteiger partial charge is 0.481 e. The van der Waals surface area contributed by atoms with Crippen molar-refractivity contribution in [2.75, 3.05) is 13.1 Å². The van der Waals surface area contributed by atoms with Crippen molar-refractivity contribution in [1.82, 2.24) is 4.90 Å². The molecule has 0 aliphatic carbocycles. The zero-order valence-electron chi connectivity index (χ0n) is 12.4. The van der Waals surface area contributed by atoms with Crippen molar-refractivity contribution >= 4 is 11.7 Å². The Morgan fingerprint density at radius 1 is 1.43 bits per heavy atom. The van der Waals surface area contributed by atoms with Gasteiger partial charge in [-0.15, -0.1) is 0 Å². The summed E-state index contributed by atoms with van der Waals surface area (Å²) in [6, 6.07) is 4.28. The van der Waals surface area contributed by atoms with Crippen molar-refractivity contribution in [3.05, 3.63) is 41.0 Å². The third kappa shape index (κ3) is 3.06. The molecule has 1 heterocycles. The van der Waals surface area contributed by atoms with Crippen LogP contribution in [0.25, 0.3) is 4.85 Å². The summed E-state index contributed by atoms with van der Waals surface area (Å²) in [6.45, 7) is 13.9. The second kappa shape index (κ2) is 5.45. The number of hydrogen-bond donors (Lipinski definition) is 1. The normalized spacial score (nSPS) is 23.0. The second-order valence-electron chi connectivity index (χ2n) is 6.44. The van der Waals surface area contributed by atoms with Gasteiger partial charge in [0, 0.05) is 24.5 Å². The first kappa shape index (κ1) is 15.5. The van der Waals surface area contributed by atoms with Gasteiger partial charge in [-0.25, -0.2) is 9.24 Å². The van der Waals surface area contributed by atoms with Crippen molar-refractivity contribution in [2.45, 2.75) is 32.2 Å². The lowest BCUT2D eigenvalue weighted by Crippen LogP contribution is -2.40. The number of carboxylic acid groups (broad SMARTS) is 1. The van der Waals surface area contributed by atoms with Gasteiger partial charge in [0.2, 0.25) is 0 Å². The summed E-state index contributed by atoms with van der Waals surface area (Å²) in [5, 5.41) is 9.42. The molecule has 1 aromatic rings. The molecule has 112 valence electrons. The van der Waals surface area contributed by atoms with E-state index < -0.39 is 17.7 Å². The van der Waals surface area contributed by atoms with Crippen molar-refractivity contribution < 1.29 is 14.3 Å². The minimum atomic E-state index is -0.902. The molecule has 2 atom stereocenters. The van der Waals surface area contributed by atoms with Crippen LogP contribution in [0.15, 0.2) is 18.2 Å². The molecule has 0 radical (unpaired) electrons. The van der Waals surface area contributed by atoms with Gasteiger partial charge in [0.25, 0.3) is 0 Å². The van der Waals surface area contributed by atoms with Gasteiger partial charge in [-0.2, -0.15) is 0 Å². The average molecular weight is 290 g/mol. The Hall–Kier alpha value is -1.93. The summed E-state index contributed by atoms with van der Waals surface area (Å²) in [4.78, 5) is 16.8. The highest BCUT2D eigenvalue weighted by Gasteiger charge is 2.42. The van der Waals surface area contributed by atoms with Crippen molar-refractivity contribution in [2.24, 2.45) is 5.92 Å². The van der Waals surface area contributed by atoms with E-state index in [0.717, 1.165) is 0 Å². The zero-order valence-corrected chi connectivity index (χ0v) is 12.4. The van der Waals surface area contributed by atoms with Gasteiger partial charge in [-0.1, -0.05) is 12.1 Å². The van der Waals surface area contributed by atoms with Crippen molar-refractivity contribution in [3.63, 3.8) is 0 Å². The van der Waals surface area contributed by atoms with Gasteiger partial charge in [0.05, 0.1) is 12.5 Å². The van der Waals surface area contributed by atoms with Crippen LogP contribution in [0.2, 0.25) is 0 Å². The molecule has 1 saturated heterocycles. The molecule has 2 unspecified atom stereocenters. The molecule has 1 aromatic carbocycles. The maximum absolute atomic E-state index is 14.2. The molecule has 0 spiro atoms. The average Bonchev–Trinajstić information content (AvgIpc) is 2.83. The first-order chi connectivity index (χ1) is 9.74. The second-order valence-corrected chi connectivity index (χ2v) is 6.44. The summed E-state index contributed by atoms with van der Waals surface area (Å²) in [5.41, 5.74) is 0.463. The lowest BCUT2D eigenvalue weighted by atomic mass is 9.88. The Morgan fingerprint density at radius 3 is 2.57 bits per heavy atom. The summed E-state index contributed by atoms with van der Waals surface area (Å²) in [5.74, 6) is -2.41. The van der Waals surface area contributed by atoms with Crippen LogP contribution in [0.4, 0.5) is 10.1 Å². The monoisotopic (exact) mass is 290 g/mol. The SMILES string of the molecule is [C-]#[N+]c1ccc(C2CN(C(C)(C)C)CC2C(=O)O)c(F)c1. The van der Waals surface area contributed by atoms with Gasteiger partial charge in [0.1, 0.15) is 5.82 Å². The first-order valence-electron chi connectivity index (χ1n) is 6.89. The Kier molecular flexibility index (Phi) is 4.02. The van der Waals surface area contributed by atoms with E-state index in [9.17, 15) is 14.3 Å². The predicted octanol–water partition coefficient (Wildman–Crippen LogP) is 3.27. The number of hydrogen-bond acceptors (Lipinski definition) is 2. The van der Waals surface area contributed by atoms with Gasteiger partial charge in [-0.3, -0.25) is 9.69 Å². The van der Waals surface area contributed by atoms with Crippen LogP contribution >= 0.6 is 0 Å². The lowest BCUT2D eigenvalue weighted by Gasteiger charge is -2.31. The van der Waals surface area contributed by atoms with Crippen LogP contribution in [-0.4, -0.2) is 34.6 Å². The van der Waals surface area contributed by atoms with E-state index in [1.165, 1.54) is 6.07 Å². The highest BCUT2D eigenvalue weighted by atomic mass is 19.1. The van der Waals surface area contributed by atoms with Crippen LogP contribution in [0.1, 0.15) is 32.3 Å². The lowest BCUT2D eigenvalue weighted by molar-refractivity contribution is -0.141. The number of aliphatic carboxylic acids is 1. The maximum Gasteiger partial charge on any atom is 0.308 e. The van der Waals surface area contributed by atoms with Crippen molar-refractivity contribution in [1.29, 1.82) is 0 Å². The van der Waals surface area contributed by atoms with E-state index in [1.807, 2.05) is 20.8 Å². The van der Waals surface area contributed by atoms with Gasteiger partial charge in [-0.05, 0) is 32.4 Å². The fraction of sp³-hybridized carbons (Fsp3) is 0.500. The molecule has 4 nitrogen and oxygen atoms in total. The molecular weight excluding hydrogens is 271 g/mol. The van der Waals surface area contributed by atoms with E-state index in [-0.39, 0.29) is 17.1 Å². The predicted molar refractivity (Wildman–Crippen MR) is 77.9 cm³/mol. The number of carbonyl (C=O) groups is 1. The summed E-state index contributed by atoms with van der Waals surface area (Å²) < 4.78 is 14.2. The topological polar surface area (TPSA) is 44.9 Å². The van der Waals surface area contributed by atoms with E-state index >= 15 is 0 Å². The zero-order chi connectivity index (χ0) is 15.8. The highest BCUT2D eigenvalue weighted by Crippen LogP contribution is 2.38. The maximum atomic E-state index is 14.2. The number of halogens is 1. The molecule has 1 fully saturated rings.